The number of hydrogen-bond donors (Lipinski definition) is 2. The zero-order valence-corrected chi connectivity index (χ0v) is 13.7. The summed E-state index contributed by atoms with van der Waals surface area (Å²) in [5.74, 6) is 2.19. The van der Waals surface area contributed by atoms with E-state index in [9.17, 15) is 4.79 Å². The van der Waals surface area contributed by atoms with Crippen molar-refractivity contribution in [2.75, 3.05) is 24.3 Å². The van der Waals surface area contributed by atoms with Crippen molar-refractivity contribution in [3.8, 4) is 11.5 Å². The lowest BCUT2D eigenvalue weighted by Gasteiger charge is -2.18. The summed E-state index contributed by atoms with van der Waals surface area (Å²) in [6.07, 6.45) is 2.41. The minimum atomic E-state index is -0.0184. The van der Waals surface area contributed by atoms with E-state index < -0.39 is 0 Å². The van der Waals surface area contributed by atoms with Gasteiger partial charge in [0.15, 0.2) is 11.5 Å². The van der Waals surface area contributed by atoms with Crippen LogP contribution in [0.3, 0.4) is 0 Å². The van der Waals surface area contributed by atoms with Gasteiger partial charge in [-0.3, -0.25) is 4.79 Å². The van der Waals surface area contributed by atoms with E-state index in [0.717, 1.165) is 23.5 Å². The fourth-order valence-electron chi connectivity index (χ4n) is 2.86. The summed E-state index contributed by atoms with van der Waals surface area (Å²) in [5.41, 5.74) is 7.32. The lowest BCUT2D eigenvalue weighted by molar-refractivity contribution is -0.117. The van der Waals surface area contributed by atoms with Crippen LogP contribution in [0.5, 0.6) is 11.5 Å². The molecule has 2 aliphatic rings. The van der Waals surface area contributed by atoms with Gasteiger partial charge in [-0.2, -0.15) is 0 Å². The molecule has 0 bridgehead atoms. The Labute approximate surface area is 145 Å². The zero-order chi connectivity index (χ0) is 15.8. The summed E-state index contributed by atoms with van der Waals surface area (Å²) in [4.78, 5) is 16.3. The molecule has 0 saturated heterocycles. The van der Waals surface area contributed by atoms with Gasteiger partial charge in [0.1, 0.15) is 19.0 Å². The van der Waals surface area contributed by atoms with Gasteiger partial charge < -0.3 is 20.5 Å². The van der Waals surface area contributed by atoms with Crippen molar-refractivity contribution in [2.45, 2.75) is 12.3 Å². The first kappa shape index (κ1) is 16.4. The number of aromatic nitrogens is 1. The molecule has 2 heterocycles. The molecule has 24 heavy (non-hydrogen) atoms. The number of carbonyl (C=O) groups is 1. The number of carbonyl (C=O) groups excluding carboxylic acids is 1. The van der Waals surface area contributed by atoms with Gasteiger partial charge in [-0.15, -0.1) is 12.4 Å². The molecule has 1 aliphatic carbocycles. The van der Waals surface area contributed by atoms with Crippen molar-refractivity contribution in [2.24, 2.45) is 5.92 Å². The molecule has 7 heteroatoms. The number of benzene rings is 1. The third-order valence-electron chi connectivity index (χ3n) is 4.18. The van der Waals surface area contributed by atoms with Crippen LogP contribution in [-0.4, -0.2) is 24.1 Å². The number of rotatable bonds is 3. The molecule has 3 N–H and O–H groups in total. The smallest absolute Gasteiger partial charge is 0.228 e. The Morgan fingerprint density at radius 1 is 1.17 bits per heavy atom. The highest BCUT2D eigenvalue weighted by molar-refractivity contribution is 5.95. The second-order valence-corrected chi connectivity index (χ2v) is 5.81. The second kappa shape index (κ2) is 6.57. The van der Waals surface area contributed by atoms with E-state index in [4.69, 9.17) is 15.2 Å². The van der Waals surface area contributed by atoms with Crippen molar-refractivity contribution in [3.05, 3.63) is 42.1 Å². The normalized spacial score (nSPS) is 20.7. The van der Waals surface area contributed by atoms with Gasteiger partial charge in [0.05, 0.1) is 11.9 Å². The first-order valence-corrected chi connectivity index (χ1v) is 7.62. The van der Waals surface area contributed by atoms with Crippen LogP contribution in [-0.2, 0) is 4.79 Å². The van der Waals surface area contributed by atoms with Gasteiger partial charge in [-0.05, 0) is 42.2 Å². The maximum absolute atomic E-state index is 12.3. The summed E-state index contributed by atoms with van der Waals surface area (Å²) in [5, 5.41) is 2.88. The van der Waals surface area contributed by atoms with E-state index >= 15 is 0 Å². The van der Waals surface area contributed by atoms with E-state index in [1.807, 2.05) is 18.2 Å². The molecule has 1 fully saturated rings. The molecule has 1 amide bonds. The number of ether oxygens (including phenoxy) is 2. The Bertz CT molecular complexity index is 751. The third kappa shape index (κ3) is 3.23. The SMILES string of the molecule is Cl.Nc1ccc(NC(=O)C2CC2c2ccc3c(c2)OCCO3)cn1. The molecule has 1 aliphatic heterocycles. The number of fused-ring (bicyclic) bond motifs is 1. The van der Waals surface area contributed by atoms with Crippen molar-refractivity contribution < 1.29 is 14.3 Å². The number of nitrogens with one attached hydrogen (secondary N) is 1. The van der Waals surface area contributed by atoms with Gasteiger partial charge in [-0.1, -0.05) is 6.07 Å². The number of nitrogen functional groups attached to an aromatic ring is 1. The van der Waals surface area contributed by atoms with Gasteiger partial charge >= 0.3 is 0 Å². The minimum Gasteiger partial charge on any atom is -0.486 e. The Morgan fingerprint density at radius 3 is 2.71 bits per heavy atom. The van der Waals surface area contributed by atoms with Gasteiger partial charge in [0, 0.05) is 5.92 Å². The molecule has 2 aromatic rings. The lowest BCUT2D eigenvalue weighted by Crippen LogP contribution is -2.16. The standard InChI is InChI=1S/C17H17N3O3.ClH/c18-16-4-2-11(9-19-16)20-17(21)13-8-12(13)10-1-3-14-15(7-10)23-6-5-22-14;/h1-4,7,9,12-13H,5-6,8H2,(H2,18,19)(H,20,21);1H. The van der Waals surface area contributed by atoms with Crippen LogP contribution >= 0.6 is 12.4 Å². The van der Waals surface area contributed by atoms with Crippen molar-refractivity contribution in [1.29, 1.82) is 0 Å². The molecule has 1 aromatic carbocycles. The van der Waals surface area contributed by atoms with Crippen molar-refractivity contribution in [1.82, 2.24) is 4.98 Å². The van der Waals surface area contributed by atoms with Crippen molar-refractivity contribution in [3.63, 3.8) is 0 Å². The monoisotopic (exact) mass is 347 g/mol. The Kier molecular flexibility index (Phi) is 4.49. The van der Waals surface area contributed by atoms with E-state index in [-0.39, 0.29) is 30.2 Å². The quantitative estimate of drug-likeness (QED) is 0.891. The summed E-state index contributed by atoms with van der Waals surface area (Å²) in [6, 6.07) is 9.33. The first-order valence-electron chi connectivity index (χ1n) is 7.62. The molecular weight excluding hydrogens is 330 g/mol. The average Bonchev–Trinajstić information content (AvgIpc) is 3.37. The van der Waals surface area contributed by atoms with Crippen LogP contribution in [0.4, 0.5) is 11.5 Å². The van der Waals surface area contributed by atoms with Crippen LogP contribution < -0.4 is 20.5 Å². The summed E-state index contributed by atoms with van der Waals surface area (Å²) < 4.78 is 11.1. The fraction of sp³-hybridized carbons (Fsp3) is 0.294. The molecule has 1 saturated carbocycles. The summed E-state index contributed by atoms with van der Waals surface area (Å²) in [6.45, 7) is 1.14. The van der Waals surface area contributed by atoms with E-state index in [1.54, 1.807) is 18.3 Å². The van der Waals surface area contributed by atoms with Crippen LogP contribution in [0.25, 0.3) is 0 Å². The molecule has 6 nitrogen and oxygen atoms in total. The van der Waals surface area contributed by atoms with Gasteiger partial charge in [-0.25, -0.2) is 4.98 Å². The maximum Gasteiger partial charge on any atom is 0.228 e. The van der Waals surface area contributed by atoms with Gasteiger partial charge in [0.2, 0.25) is 5.91 Å². The highest BCUT2D eigenvalue weighted by atomic mass is 35.5. The zero-order valence-electron chi connectivity index (χ0n) is 12.9. The molecule has 2 unspecified atom stereocenters. The van der Waals surface area contributed by atoms with E-state index in [2.05, 4.69) is 10.3 Å². The molecule has 1 aromatic heterocycles. The Morgan fingerprint density at radius 2 is 1.96 bits per heavy atom. The Balaban J connectivity index is 0.00000169. The number of nitrogens with two attached hydrogens (primary N) is 1. The van der Waals surface area contributed by atoms with Crippen molar-refractivity contribution >= 4 is 29.8 Å². The first-order chi connectivity index (χ1) is 11.2. The number of pyridine rings is 1. The molecule has 0 radical (unpaired) electrons. The number of amides is 1. The molecule has 4 rings (SSSR count). The minimum absolute atomic E-state index is 0. The topological polar surface area (TPSA) is 86.5 Å². The van der Waals surface area contributed by atoms with E-state index in [1.165, 1.54) is 0 Å². The lowest BCUT2D eigenvalue weighted by atomic mass is 10.1. The fourth-order valence-corrected chi connectivity index (χ4v) is 2.86. The predicted octanol–water partition coefficient (Wildman–Crippen LogP) is 2.60. The van der Waals surface area contributed by atoms with Crippen LogP contribution in [0.1, 0.15) is 17.9 Å². The predicted molar refractivity (Wildman–Crippen MR) is 92.8 cm³/mol. The van der Waals surface area contributed by atoms with E-state index in [0.29, 0.717) is 24.7 Å². The summed E-state index contributed by atoms with van der Waals surface area (Å²) in [7, 11) is 0. The van der Waals surface area contributed by atoms with Crippen LogP contribution in [0, 0.1) is 5.92 Å². The molecule has 0 spiro atoms. The molecule has 126 valence electrons. The molecule has 2 atom stereocenters. The highest BCUT2D eigenvalue weighted by Gasteiger charge is 2.44. The largest absolute Gasteiger partial charge is 0.486 e. The van der Waals surface area contributed by atoms with Crippen LogP contribution in [0.2, 0.25) is 0 Å². The number of nitrogens with zero attached hydrogens (tertiary/aromatic N) is 1. The molecular formula is C17H18ClN3O3. The van der Waals surface area contributed by atoms with Gasteiger partial charge in [0.25, 0.3) is 0 Å². The number of halogens is 1. The second-order valence-electron chi connectivity index (χ2n) is 5.81. The highest BCUT2D eigenvalue weighted by Crippen LogP contribution is 2.49. The van der Waals surface area contributed by atoms with Crippen LogP contribution in [0.15, 0.2) is 36.5 Å². The number of hydrogen-bond acceptors (Lipinski definition) is 5. The number of anilines is 2. The maximum atomic E-state index is 12.3. The Hall–Kier alpha value is -2.47. The average molecular weight is 348 g/mol. The third-order valence-corrected chi connectivity index (χ3v) is 4.18. The summed E-state index contributed by atoms with van der Waals surface area (Å²) >= 11 is 0.